The molecule has 1 aromatic rings. The van der Waals surface area contributed by atoms with Crippen molar-refractivity contribution in [2.75, 3.05) is 13.1 Å². The molecule has 1 aromatic heterocycles. The molecule has 0 radical (unpaired) electrons. The molecule has 114 valence electrons. The Labute approximate surface area is 143 Å². The molecule has 1 saturated carbocycles. The quantitative estimate of drug-likeness (QED) is 0.412. The molecule has 0 aromatic carbocycles. The molecule has 3 nitrogen and oxygen atoms in total. The van der Waals surface area contributed by atoms with Crippen LogP contribution >= 0.6 is 35.3 Å². The Morgan fingerprint density at radius 3 is 2.80 bits per heavy atom. The third kappa shape index (κ3) is 5.99. The molecule has 0 unspecified atom stereocenters. The first-order valence-corrected chi connectivity index (χ1v) is 8.04. The second-order valence-corrected chi connectivity index (χ2v) is 7.09. The van der Waals surface area contributed by atoms with E-state index in [1.54, 1.807) is 11.3 Å². The number of rotatable bonds is 7. The average molecular weight is 407 g/mol. The first-order chi connectivity index (χ1) is 9.10. The summed E-state index contributed by atoms with van der Waals surface area (Å²) in [6.07, 6.45) is 4.93. The standard InChI is InChI=1S/C15H25N3S.HI/c1-12(2)10-15(6-7-15)11-18-14(16)17-8-5-13-4-3-9-19-13;/h3-4,9,12H,5-8,10-11H2,1-2H3,(H3,16,17,18);1H. The first-order valence-electron chi connectivity index (χ1n) is 7.16. The predicted molar refractivity (Wildman–Crippen MR) is 99.1 cm³/mol. The molecule has 0 atom stereocenters. The Morgan fingerprint density at radius 1 is 1.50 bits per heavy atom. The third-order valence-corrected chi connectivity index (χ3v) is 4.58. The van der Waals surface area contributed by atoms with E-state index in [0.29, 0.717) is 11.4 Å². The zero-order valence-corrected chi connectivity index (χ0v) is 15.5. The second kappa shape index (κ2) is 8.22. The fourth-order valence-electron chi connectivity index (χ4n) is 2.55. The van der Waals surface area contributed by atoms with Crippen molar-refractivity contribution in [3.63, 3.8) is 0 Å². The molecule has 1 aliphatic rings. The van der Waals surface area contributed by atoms with Crippen molar-refractivity contribution < 1.29 is 0 Å². The summed E-state index contributed by atoms with van der Waals surface area (Å²) >= 11 is 1.79. The van der Waals surface area contributed by atoms with Crippen LogP contribution in [-0.4, -0.2) is 19.0 Å². The Hall–Kier alpha value is -0.300. The van der Waals surface area contributed by atoms with Crippen LogP contribution in [0.1, 0.15) is 38.0 Å². The maximum Gasteiger partial charge on any atom is 0.188 e. The van der Waals surface area contributed by atoms with E-state index in [9.17, 15) is 0 Å². The Morgan fingerprint density at radius 2 is 2.25 bits per heavy atom. The van der Waals surface area contributed by atoms with Crippen molar-refractivity contribution in [2.45, 2.75) is 39.5 Å². The highest BCUT2D eigenvalue weighted by atomic mass is 127. The first kappa shape index (κ1) is 17.8. The zero-order chi connectivity index (χ0) is 13.7. The van der Waals surface area contributed by atoms with Gasteiger partial charge in [-0.15, -0.1) is 35.3 Å². The normalized spacial score (nSPS) is 16.9. The van der Waals surface area contributed by atoms with Crippen LogP contribution in [0, 0.1) is 11.3 Å². The largest absolute Gasteiger partial charge is 0.370 e. The molecule has 0 bridgehead atoms. The van der Waals surface area contributed by atoms with Gasteiger partial charge >= 0.3 is 0 Å². The van der Waals surface area contributed by atoms with Gasteiger partial charge in [0, 0.05) is 18.0 Å². The number of nitrogens with zero attached hydrogens (tertiary/aromatic N) is 1. The minimum absolute atomic E-state index is 0. The maximum absolute atomic E-state index is 5.92. The highest BCUT2D eigenvalue weighted by Crippen LogP contribution is 2.50. The van der Waals surface area contributed by atoms with Gasteiger partial charge in [0.2, 0.25) is 0 Å². The minimum atomic E-state index is 0. The van der Waals surface area contributed by atoms with Crippen LogP contribution < -0.4 is 11.1 Å². The molecule has 5 heteroatoms. The third-order valence-electron chi connectivity index (χ3n) is 3.64. The Balaban J connectivity index is 0.00000200. The number of guanidine groups is 1. The van der Waals surface area contributed by atoms with Crippen LogP contribution in [0.3, 0.4) is 0 Å². The molecule has 0 aliphatic heterocycles. The van der Waals surface area contributed by atoms with Crippen molar-refractivity contribution in [1.29, 1.82) is 0 Å². The summed E-state index contributed by atoms with van der Waals surface area (Å²) in [6.45, 7) is 6.33. The molecule has 1 heterocycles. The number of nitrogens with two attached hydrogens (primary N) is 1. The molecular weight excluding hydrogens is 381 g/mol. The maximum atomic E-state index is 5.92. The summed E-state index contributed by atoms with van der Waals surface area (Å²) in [7, 11) is 0. The number of hydrogen-bond donors (Lipinski definition) is 2. The smallest absolute Gasteiger partial charge is 0.188 e. The zero-order valence-electron chi connectivity index (χ0n) is 12.4. The molecule has 0 spiro atoms. The summed E-state index contributed by atoms with van der Waals surface area (Å²) < 4.78 is 0. The van der Waals surface area contributed by atoms with Gasteiger partial charge in [-0.2, -0.15) is 0 Å². The lowest BCUT2D eigenvalue weighted by molar-refractivity contribution is 0.398. The molecule has 2 rings (SSSR count). The molecule has 1 fully saturated rings. The van der Waals surface area contributed by atoms with Crippen LogP contribution in [0.4, 0.5) is 0 Å². The molecule has 3 N–H and O–H groups in total. The number of halogens is 1. The van der Waals surface area contributed by atoms with E-state index < -0.39 is 0 Å². The molecule has 20 heavy (non-hydrogen) atoms. The number of hydrogen-bond acceptors (Lipinski definition) is 2. The Kier molecular flexibility index (Phi) is 7.29. The summed E-state index contributed by atoms with van der Waals surface area (Å²) in [5.41, 5.74) is 6.39. The van der Waals surface area contributed by atoms with Crippen LogP contribution in [0.15, 0.2) is 22.5 Å². The van der Waals surface area contributed by atoms with Crippen LogP contribution in [0.2, 0.25) is 0 Å². The SMILES string of the molecule is CC(C)CC1(CN=C(N)NCCc2cccs2)CC1.I. The highest BCUT2D eigenvalue weighted by molar-refractivity contribution is 14.0. The van der Waals surface area contributed by atoms with E-state index in [-0.39, 0.29) is 24.0 Å². The fraction of sp³-hybridized carbons (Fsp3) is 0.667. The second-order valence-electron chi connectivity index (χ2n) is 6.06. The van der Waals surface area contributed by atoms with Crippen molar-refractivity contribution in [3.8, 4) is 0 Å². The lowest BCUT2D eigenvalue weighted by atomic mass is 9.94. The lowest BCUT2D eigenvalue weighted by Gasteiger charge is -2.15. The van der Waals surface area contributed by atoms with Gasteiger partial charge in [-0.25, -0.2) is 0 Å². The van der Waals surface area contributed by atoms with Gasteiger partial charge in [-0.05, 0) is 48.5 Å². The summed E-state index contributed by atoms with van der Waals surface area (Å²) in [4.78, 5) is 5.90. The molecule has 1 aliphatic carbocycles. The van der Waals surface area contributed by atoms with Gasteiger partial charge in [-0.3, -0.25) is 4.99 Å². The van der Waals surface area contributed by atoms with E-state index in [1.165, 1.54) is 24.1 Å². The van der Waals surface area contributed by atoms with Gasteiger partial charge in [0.05, 0.1) is 0 Å². The van der Waals surface area contributed by atoms with Gasteiger partial charge in [-0.1, -0.05) is 19.9 Å². The van der Waals surface area contributed by atoms with Crippen molar-refractivity contribution in [1.82, 2.24) is 5.32 Å². The van der Waals surface area contributed by atoms with Crippen molar-refractivity contribution in [2.24, 2.45) is 22.1 Å². The van der Waals surface area contributed by atoms with E-state index in [2.05, 4.69) is 41.7 Å². The van der Waals surface area contributed by atoms with Gasteiger partial charge < -0.3 is 11.1 Å². The summed E-state index contributed by atoms with van der Waals surface area (Å²) in [5.74, 6) is 1.36. The van der Waals surface area contributed by atoms with Crippen LogP contribution in [-0.2, 0) is 6.42 Å². The van der Waals surface area contributed by atoms with Crippen LogP contribution in [0.25, 0.3) is 0 Å². The lowest BCUT2D eigenvalue weighted by Crippen LogP contribution is -2.33. The summed E-state index contributed by atoms with van der Waals surface area (Å²) in [6, 6.07) is 4.24. The molecular formula is C15H26IN3S. The Bertz CT molecular complexity index is 411. The van der Waals surface area contributed by atoms with Crippen LogP contribution in [0.5, 0.6) is 0 Å². The van der Waals surface area contributed by atoms with Crippen molar-refractivity contribution in [3.05, 3.63) is 22.4 Å². The van der Waals surface area contributed by atoms with E-state index in [0.717, 1.165) is 25.4 Å². The molecule has 0 amide bonds. The summed E-state index contributed by atoms with van der Waals surface area (Å²) in [5, 5.41) is 5.32. The number of aliphatic imine (C=N–C) groups is 1. The van der Waals surface area contributed by atoms with E-state index in [4.69, 9.17) is 5.73 Å². The topological polar surface area (TPSA) is 50.4 Å². The molecule has 0 saturated heterocycles. The minimum Gasteiger partial charge on any atom is -0.370 e. The van der Waals surface area contributed by atoms with Gasteiger partial charge in [0.15, 0.2) is 5.96 Å². The fourth-order valence-corrected chi connectivity index (χ4v) is 3.26. The average Bonchev–Trinajstić information content (AvgIpc) is 2.89. The highest BCUT2D eigenvalue weighted by Gasteiger charge is 2.42. The predicted octanol–water partition coefficient (Wildman–Crippen LogP) is 3.64. The van der Waals surface area contributed by atoms with E-state index >= 15 is 0 Å². The monoisotopic (exact) mass is 407 g/mol. The number of nitrogens with one attached hydrogen (secondary N) is 1. The van der Waals surface area contributed by atoms with E-state index in [1.807, 2.05) is 0 Å². The van der Waals surface area contributed by atoms with Gasteiger partial charge in [0.25, 0.3) is 0 Å². The van der Waals surface area contributed by atoms with Gasteiger partial charge in [0.1, 0.15) is 0 Å². The number of thiophene rings is 1. The van der Waals surface area contributed by atoms with Crippen molar-refractivity contribution >= 4 is 41.3 Å².